The maximum Gasteiger partial charge on any atom is 0.126 e. The Morgan fingerprint density at radius 2 is 1.88 bits per heavy atom. The second-order valence-corrected chi connectivity index (χ2v) is 3.70. The summed E-state index contributed by atoms with van der Waals surface area (Å²) < 4.78 is 5.34. The van der Waals surface area contributed by atoms with Crippen molar-refractivity contribution in [3.05, 3.63) is 42.0 Å². The van der Waals surface area contributed by atoms with Crippen molar-refractivity contribution >= 4 is 10.8 Å². The SMILES string of the molecule is COc1ccc(C#CCCN)c2ccccc12. The van der Waals surface area contributed by atoms with E-state index in [4.69, 9.17) is 10.5 Å². The van der Waals surface area contributed by atoms with Crippen LogP contribution in [0, 0.1) is 11.8 Å². The number of fused-ring (bicyclic) bond motifs is 1. The van der Waals surface area contributed by atoms with E-state index in [2.05, 4.69) is 17.9 Å². The van der Waals surface area contributed by atoms with E-state index in [1.54, 1.807) is 7.11 Å². The predicted octanol–water partition coefficient (Wildman–Crippen LogP) is 2.55. The smallest absolute Gasteiger partial charge is 0.126 e. The molecule has 0 aliphatic carbocycles. The highest BCUT2D eigenvalue weighted by Gasteiger charge is 2.03. The molecule has 0 fully saturated rings. The third-order valence-corrected chi connectivity index (χ3v) is 2.60. The number of benzene rings is 2. The summed E-state index contributed by atoms with van der Waals surface area (Å²) in [5, 5.41) is 2.21. The first-order valence-corrected chi connectivity index (χ1v) is 5.61. The first-order chi connectivity index (χ1) is 8.36. The number of methoxy groups -OCH3 is 1. The van der Waals surface area contributed by atoms with Crippen LogP contribution in [0.2, 0.25) is 0 Å². The molecule has 86 valence electrons. The first-order valence-electron chi connectivity index (χ1n) is 5.61. The van der Waals surface area contributed by atoms with Gasteiger partial charge >= 0.3 is 0 Å². The third-order valence-electron chi connectivity index (χ3n) is 2.60. The molecule has 2 rings (SSSR count). The van der Waals surface area contributed by atoms with Crippen molar-refractivity contribution < 1.29 is 4.74 Å². The Bertz CT molecular complexity index is 578. The summed E-state index contributed by atoms with van der Waals surface area (Å²) in [6.45, 7) is 0.598. The van der Waals surface area contributed by atoms with Crippen LogP contribution < -0.4 is 10.5 Å². The zero-order valence-corrected chi connectivity index (χ0v) is 9.86. The molecule has 2 N–H and O–H groups in total. The van der Waals surface area contributed by atoms with Gasteiger partial charge in [-0.15, -0.1) is 0 Å². The Kier molecular flexibility index (Phi) is 3.64. The minimum absolute atomic E-state index is 0.598. The van der Waals surface area contributed by atoms with E-state index in [1.807, 2.05) is 30.3 Å². The second kappa shape index (κ2) is 5.38. The second-order valence-electron chi connectivity index (χ2n) is 3.70. The maximum atomic E-state index is 5.43. The Morgan fingerprint density at radius 1 is 1.12 bits per heavy atom. The molecule has 17 heavy (non-hydrogen) atoms. The van der Waals surface area contributed by atoms with E-state index in [0.29, 0.717) is 6.54 Å². The largest absolute Gasteiger partial charge is 0.496 e. The molecule has 0 heterocycles. The zero-order chi connectivity index (χ0) is 12.1. The van der Waals surface area contributed by atoms with Crippen molar-refractivity contribution in [2.24, 2.45) is 5.73 Å². The van der Waals surface area contributed by atoms with Gasteiger partial charge < -0.3 is 10.5 Å². The average Bonchev–Trinajstić information content (AvgIpc) is 2.39. The highest BCUT2D eigenvalue weighted by atomic mass is 16.5. The van der Waals surface area contributed by atoms with Crippen LogP contribution in [0.15, 0.2) is 36.4 Å². The number of nitrogens with two attached hydrogens (primary N) is 1. The van der Waals surface area contributed by atoms with Crippen molar-refractivity contribution in [2.75, 3.05) is 13.7 Å². The maximum absolute atomic E-state index is 5.43. The third kappa shape index (κ3) is 2.41. The van der Waals surface area contributed by atoms with Crippen LogP contribution in [0.4, 0.5) is 0 Å². The molecule has 0 unspecified atom stereocenters. The average molecular weight is 225 g/mol. The summed E-state index contributed by atoms with van der Waals surface area (Å²) in [5.74, 6) is 7.10. The summed E-state index contributed by atoms with van der Waals surface area (Å²) in [4.78, 5) is 0. The lowest BCUT2D eigenvalue weighted by molar-refractivity contribution is 0.420. The molecule has 2 heteroatoms. The highest BCUT2D eigenvalue weighted by molar-refractivity contribution is 5.93. The van der Waals surface area contributed by atoms with E-state index in [-0.39, 0.29) is 0 Å². The highest BCUT2D eigenvalue weighted by Crippen LogP contribution is 2.27. The van der Waals surface area contributed by atoms with Gasteiger partial charge in [-0.05, 0) is 12.1 Å². The van der Waals surface area contributed by atoms with Crippen LogP contribution in [-0.2, 0) is 0 Å². The Balaban J connectivity index is 2.56. The van der Waals surface area contributed by atoms with E-state index in [9.17, 15) is 0 Å². The lowest BCUT2D eigenvalue weighted by Gasteiger charge is -2.06. The van der Waals surface area contributed by atoms with Gasteiger partial charge in [-0.25, -0.2) is 0 Å². The van der Waals surface area contributed by atoms with Crippen LogP contribution in [-0.4, -0.2) is 13.7 Å². The molecule has 0 spiro atoms. The number of hydrogen-bond acceptors (Lipinski definition) is 2. The quantitative estimate of drug-likeness (QED) is 0.797. The van der Waals surface area contributed by atoms with Gasteiger partial charge in [-0.2, -0.15) is 0 Å². The van der Waals surface area contributed by atoms with Crippen molar-refractivity contribution in [3.8, 4) is 17.6 Å². The molecule has 0 atom stereocenters. The standard InChI is InChI=1S/C15H15NO/c1-17-15-10-9-12(6-4-5-11-16)13-7-2-3-8-14(13)15/h2-3,7-10H,5,11,16H2,1H3. The summed E-state index contributed by atoms with van der Waals surface area (Å²) in [6, 6.07) is 12.1. The van der Waals surface area contributed by atoms with Crippen molar-refractivity contribution in [3.63, 3.8) is 0 Å². The molecule has 2 aromatic carbocycles. The van der Waals surface area contributed by atoms with Gasteiger partial charge in [0.05, 0.1) is 7.11 Å². The molecule has 0 amide bonds. The zero-order valence-electron chi connectivity index (χ0n) is 9.86. The molecule has 2 aromatic rings. The van der Waals surface area contributed by atoms with E-state index in [1.165, 1.54) is 0 Å². The van der Waals surface area contributed by atoms with Gasteiger partial charge in [-0.3, -0.25) is 0 Å². The van der Waals surface area contributed by atoms with Gasteiger partial charge in [0, 0.05) is 29.3 Å². The molecule has 2 nitrogen and oxygen atoms in total. The van der Waals surface area contributed by atoms with Crippen LogP contribution in [0.3, 0.4) is 0 Å². The van der Waals surface area contributed by atoms with Gasteiger partial charge in [0.1, 0.15) is 5.75 Å². The van der Waals surface area contributed by atoms with Gasteiger partial charge in [0.25, 0.3) is 0 Å². The van der Waals surface area contributed by atoms with Crippen LogP contribution in [0.1, 0.15) is 12.0 Å². The summed E-state index contributed by atoms with van der Waals surface area (Å²) in [5.41, 5.74) is 6.45. The minimum atomic E-state index is 0.598. The van der Waals surface area contributed by atoms with E-state index >= 15 is 0 Å². The normalized spacial score (nSPS) is 9.76. The molecule has 0 radical (unpaired) electrons. The number of rotatable bonds is 2. The van der Waals surface area contributed by atoms with Crippen LogP contribution in [0.25, 0.3) is 10.8 Å². The number of ether oxygens (including phenoxy) is 1. The Morgan fingerprint density at radius 3 is 2.59 bits per heavy atom. The predicted molar refractivity (Wildman–Crippen MR) is 71.0 cm³/mol. The summed E-state index contributed by atoms with van der Waals surface area (Å²) in [6.07, 6.45) is 0.723. The van der Waals surface area contributed by atoms with Crippen molar-refractivity contribution in [1.82, 2.24) is 0 Å². The van der Waals surface area contributed by atoms with Gasteiger partial charge in [0.15, 0.2) is 0 Å². The van der Waals surface area contributed by atoms with Gasteiger partial charge in [-0.1, -0.05) is 36.1 Å². The fourth-order valence-corrected chi connectivity index (χ4v) is 1.79. The summed E-state index contributed by atoms with van der Waals surface area (Å²) >= 11 is 0. The Labute approximate surface area is 101 Å². The topological polar surface area (TPSA) is 35.2 Å². The molecule has 0 aromatic heterocycles. The fourth-order valence-electron chi connectivity index (χ4n) is 1.79. The fraction of sp³-hybridized carbons (Fsp3) is 0.200. The summed E-state index contributed by atoms with van der Waals surface area (Å²) in [7, 11) is 1.68. The molecule has 0 saturated carbocycles. The molecule has 0 saturated heterocycles. The molecule has 0 aliphatic rings. The lowest BCUT2D eigenvalue weighted by atomic mass is 10.0. The molecular weight excluding hydrogens is 210 g/mol. The van der Waals surface area contributed by atoms with Gasteiger partial charge in [0.2, 0.25) is 0 Å². The number of hydrogen-bond donors (Lipinski definition) is 1. The molecule has 0 bridgehead atoms. The first kappa shape index (κ1) is 11.5. The molecular formula is C15H15NO. The minimum Gasteiger partial charge on any atom is -0.496 e. The Hall–Kier alpha value is -1.98. The monoisotopic (exact) mass is 225 g/mol. The van der Waals surface area contributed by atoms with E-state index < -0.39 is 0 Å². The van der Waals surface area contributed by atoms with Crippen LogP contribution in [0.5, 0.6) is 5.75 Å². The van der Waals surface area contributed by atoms with Crippen molar-refractivity contribution in [1.29, 1.82) is 0 Å². The molecule has 0 aliphatic heterocycles. The van der Waals surface area contributed by atoms with Crippen LogP contribution >= 0.6 is 0 Å². The van der Waals surface area contributed by atoms with Crippen molar-refractivity contribution in [2.45, 2.75) is 6.42 Å². The van der Waals surface area contributed by atoms with E-state index in [0.717, 1.165) is 28.5 Å². The lowest BCUT2D eigenvalue weighted by Crippen LogP contribution is -1.95.